The third-order valence-electron chi connectivity index (χ3n) is 3.42. The van der Waals surface area contributed by atoms with Crippen LogP contribution in [0.1, 0.15) is 19.3 Å². The van der Waals surface area contributed by atoms with Gasteiger partial charge in [-0.05, 0) is 57.5 Å². The average molecular weight is 237 g/mol. The summed E-state index contributed by atoms with van der Waals surface area (Å²) in [5.41, 5.74) is 0. The number of halogens is 1. The third-order valence-corrected chi connectivity index (χ3v) is 3.42. The molecule has 0 atom stereocenters. The lowest BCUT2D eigenvalue weighted by molar-refractivity contribution is 0.215. The minimum atomic E-state index is -0.286. The van der Waals surface area contributed by atoms with Gasteiger partial charge >= 0.3 is 0 Å². The zero-order chi connectivity index (χ0) is 12.1. The number of nitrogens with zero attached hydrogens (tertiary/aromatic N) is 2. The van der Waals surface area contributed by atoms with E-state index in [-0.39, 0.29) is 5.82 Å². The van der Waals surface area contributed by atoms with Crippen LogP contribution in [-0.4, -0.2) is 36.6 Å². The molecule has 94 valence electrons. The van der Waals surface area contributed by atoms with Gasteiger partial charge in [-0.1, -0.05) is 0 Å². The topological polar surface area (TPSA) is 28.2 Å². The molecule has 1 saturated heterocycles. The van der Waals surface area contributed by atoms with Crippen LogP contribution < -0.4 is 5.32 Å². The predicted octanol–water partition coefficient (Wildman–Crippen LogP) is 2.36. The highest BCUT2D eigenvalue weighted by Crippen LogP contribution is 2.19. The van der Waals surface area contributed by atoms with Crippen LogP contribution in [0.5, 0.6) is 0 Å². The number of anilines is 1. The minimum Gasteiger partial charge on any atom is -0.370 e. The monoisotopic (exact) mass is 237 g/mol. The first-order valence-electron chi connectivity index (χ1n) is 6.28. The number of likely N-dealkylation sites (tertiary alicyclic amines) is 1. The number of rotatable bonds is 4. The Hall–Kier alpha value is -1.16. The van der Waals surface area contributed by atoms with E-state index in [1.807, 2.05) is 0 Å². The van der Waals surface area contributed by atoms with Crippen molar-refractivity contribution in [3.63, 3.8) is 0 Å². The Bertz CT molecular complexity index is 331. The first-order valence-corrected chi connectivity index (χ1v) is 6.28. The molecule has 0 amide bonds. The SMILES string of the molecule is CN1CCC(CCNc2ccc(F)cn2)CC1. The van der Waals surface area contributed by atoms with Crippen molar-refractivity contribution in [3.05, 3.63) is 24.1 Å². The molecule has 1 aliphatic heterocycles. The van der Waals surface area contributed by atoms with Crippen molar-refractivity contribution in [1.29, 1.82) is 0 Å². The Kier molecular flexibility index (Phi) is 4.31. The Morgan fingerprint density at radius 2 is 2.18 bits per heavy atom. The summed E-state index contributed by atoms with van der Waals surface area (Å²) in [6, 6.07) is 3.12. The summed E-state index contributed by atoms with van der Waals surface area (Å²) in [7, 11) is 2.18. The highest BCUT2D eigenvalue weighted by Gasteiger charge is 2.15. The fourth-order valence-electron chi connectivity index (χ4n) is 2.24. The summed E-state index contributed by atoms with van der Waals surface area (Å²) < 4.78 is 12.6. The Labute approximate surface area is 102 Å². The van der Waals surface area contributed by atoms with Gasteiger partial charge in [-0.2, -0.15) is 0 Å². The van der Waals surface area contributed by atoms with E-state index in [0.717, 1.165) is 18.3 Å². The van der Waals surface area contributed by atoms with E-state index in [1.54, 1.807) is 6.07 Å². The highest BCUT2D eigenvalue weighted by atomic mass is 19.1. The van der Waals surface area contributed by atoms with Gasteiger partial charge in [0.1, 0.15) is 11.6 Å². The molecule has 1 aliphatic rings. The van der Waals surface area contributed by atoms with E-state index in [1.165, 1.54) is 44.6 Å². The normalized spacial score (nSPS) is 18.2. The third kappa shape index (κ3) is 3.97. The van der Waals surface area contributed by atoms with Crippen LogP contribution in [0.4, 0.5) is 10.2 Å². The molecule has 0 aliphatic carbocycles. The molecule has 0 spiro atoms. The molecule has 0 saturated carbocycles. The van der Waals surface area contributed by atoms with Gasteiger partial charge in [-0.15, -0.1) is 0 Å². The molecule has 1 aromatic heterocycles. The second-order valence-corrected chi connectivity index (χ2v) is 4.82. The quantitative estimate of drug-likeness (QED) is 0.871. The smallest absolute Gasteiger partial charge is 0.141 e. The number of hydrogen-bond donors (Lipinski definition) is 1. The van der Waals surface area contributed by atoms with E-state index >= 15 is 0 Å². The number of hydrogen-bond acceptors (Lipinski definition) is 3. The van der Waals surface area contributed by atoms with Crippen LogP contribution in [0.2, 0.25) is 0 Å². The van der Waals surface area contributed by atoms with Crippen molar-refractivity contribution >= 4 is 5.82 Å². The number of piperidine rings is 1. The van der Waals surface area contributed by atoms with Gasteiger partial charge in [0.2, 0.25) is 0 Å². The van der Waals surface area contributed by atoms with E-state index in [0.29, 0.717) is 0 Å². The van der Waals surface area contributed by atoms with E-state index in [9.17, 15) is 4.39 Å². The maximum atomic E-state index is 12.6. The Balaban J connectivity index is 1.67. The molecule has 2 rings (SSSR count). The van der Waals surface area contributed by atoms with Crippen LogP contribution >= 0.6 is 0 Å². The van der Waals surface area contributed by atoms with Gasteiger partial charge in [0.15, 0.2) is 0 Å². The lowest BCUT2D eigenvalue weighted by atomic mass is 9.94. The van der Waals surface area contributed by atoms with E-state index < -0.39 is 0 Å². The highest BCUT2D eigenvalue weighted by molar-refractivity contribution is 5.33. The molecular formula is C13H20FN3. The molecule has 0 radical (unpaired) electrons. The Morgan fingerprint density at radius 1 is 1.41 bits per heavy atom. The van der Waals surface area contributed by atoms with Gasteiger partial charge < -0.3 is 10.2 Å². The van der Waals surface area contributed by atoms with Gasteiger partial charge in [-0.25, -0.2) is 9.37 Å². The van der Waals surface area contributed by atoms with Crippen LogP contribution in [0, 0.1) is 11.7 Å². The van der Waals surface area contributed by atoms with Crippen LogP contribution in [-0.2, 0) is 0 Å². The Morgan fingerprint density at radius 3 is 2.82 bits per heavy atom. The first kappa shape index (κ1) is 12.3. The van der Waals surface area contributed by atoms with Crippen molar-refractivity contribution < 1.29 is 4.39 Å². The van der Waals surface area contributed by atoms with Crippen molar-refractivity contribution in [1.82, 2.24) is 9.88 Å². The lowest BCUT2D eigenvalue weighted by Crippen LogP contribution is -2.30. The second-order valence-electron chi connectivity index (χ2n) is 4.82. The molecule has 0 bridgehead atoms. The van der Waals surface area contributed by atoms with Crippen molar-refractivity contribution in [3.8, 4) is 0 Å². The van der Waals surface area contributed by atoms with Crippen molar-refractivity contribution in [2.45, 2.75) is 19.3 Å². The van der Waals surface area contributed by atoms with Crippen LogP contribution in [0.15, 0.2) is 18.3 Å². The molecule has 1 aromatic rings. The summed E-state index contributed by atoms with van der Waals surface area (Å²) in [5.74, 6) is 1.30. The zero-order valence-corrected chi connectivity index (χ0v) is 10.3. The fraction of sp³-hybridized carbons (Fsp3) is 0.615. The second kappa shape index (κ2) is 5.96. The summed E-state index contributed by atoms with van der Waals surface area (Å²) in [6.07, 6.45) is 4.99. The lowest BCUT2D eigenvalue weighted by Gasteiger charge is -2.28. The van der Waals surface area contributed by atoms with Crippen LogP contribution in [0.25, 0.3) is 0 Å². The molecule has 1 fully saturated rings. The fourth-order valence-corrected chi connectivity index (χ4v) is 2.24. The molecule has 0 unspecified atom stereocenters. The first-order chi connectivity index (χ1) is 8.24. The molecule has 0 aromatic carbocycles. The van der Waals surface area contributed by atoms with Gasteiger partial charge in [0.25, 0.3) is 0 Å². The standard InChI is InChI=1S/C13H20FN3/c1-17-8-5-11(6-9-17)4-7-15-13-3-2-12(14)10-16-13/h2-3,10-11H,4-9H2,1H3,(H,15,16). The predicted molar refractivity (Wildman–Crippen MR) is 67.5 cm³/mol. The molecule has 17 heavy (non-hydrogen) atoms. The van der Waals surface area contributed by atoms with E-state index in [2.05, 4.69) is 22.2 Å². The summed E-state index contributed by atoms with van der Waals surface area (Å²) in [5, 5.41) is 3.24. The van der Waals surface area contributed by atoms with Crippen LogP contribution in [0.3, 0.4) is 0 Å². The minimum absolute atomic E-state index is 0.286. The summed E-state index contributed by atoms with van der Waals surface area (Å²) in [4.78, 5) is 6.36. The number of pyridine rings is 1. The van der Waals surface area contributed by atoms with Crippen molar-refractivity contribution in [2.75, 3.05) is 32.0 Å². The maximum absolute atomic E-state index is 12.6. The van der Waals surface area contributed by atoms with Gasteiger partial charge in [-0.3, -0.25) is 0 Å². The molecule has 4 heteroatoms. The molecular weight excluding hydrogens is 217 g/mol. The van der Waals surface area contributed by atoms with Gasteiger partial charge in [0, 0.05) is 6.54 Å². The average Bonchev–Trinajstić information content (AvgIpc) is 2.34. The molecule has 2 heterocycles. The summed E-state index contributed by atoms with van der Waals surface area (Å²) >= 11 is 0. The number of nitrogens with one attached hydrogen (secondary N) is 1. The molecule has 1 N–H and O–H groups in total. The largest absolute Gasteiger partial charge is 0.370 e. The van der Waals surface area contributed by atoms with E-state index in [4.69, 9.17) is 0 Å². The van der Waals surface area contributed by atoms with Crippen molar-refractivity contribution in [2.24, 2.45) is 5.92 Å². The van der Waals surface area contributed by atoms with Gasteiger partial charge in [0.05, 0.1) is 6.20 Å². The maximum Gasteiger partial charge on any atom is 0.141 e. The zero-order valence-electron chi connectivity index (χ0n) is 10.3. The molecule has 3 nitrogen and oxygen atoms in total. The number of aromatic nitrogens is 1. The summed E-state index contributed by atoms with van der Waals surface area (Å²) in [6.45, 7) is 3.34.